The van der Waals surface area contributed by atoms with Crippen molar-refractivity contribution in [2.24, 2.45) is 0 Å². The van der Waals surface area contributed by atoms with Crippen LogP contribution < -0.4 is 5.32 Å². The van der Waals surface area contributed by atoms with Crippen LogP contribution >= 0.6 is 0 Å². The Labute approximate surface area is 88.0 Å². The van der Waals surface area contributed by atoms with E-state index in [1.54, 1.807) is 5.57 Å². The maximum Gasteiger partial charge on any atom is 0.0363 e. The summed E-state index contributed by atoms with van der Waals surface area (Å²) in [5, 5.41) is 3.26. The number of rotatable bonds is 2. The van der Waals surface area contributed by atoms with E-state index in [0.717, 1.165) is 44.2 Å². The van der Waals surface area contributed by atoms with E-state index in [9.17, 15) is 4.21 Å². The van der Waals surface area contributed by atoms with Crippen molar-refractivity contribution in [2.75, 3.05) is 44.2 Å². The van der Waals surface area contributed by atoms with Crippen LogP contribution in [0.25, 0.3) is 0 Å². The van der Waals surface area contributed by atoms with Crippen LogP contribution in [0.5, 0.6) is 0 Å². The minimum Gasteiger partial charge on any atom is -0.309 e. The van der Waals surface area contributed by atoms with Gasteiger partial charge in [-0.25, -0.2) is 0 Å². The van der Waals surface area contributed by atoms with Crippen molar-refractivity contribution >= 4 is 10.8 Å². The normalized spacial score (nSPS) is 24.8. The van der Waals surface area contributed by atoms with Crippen LogP contribution in [0.3, 0.4) is 0 Å². The number of nitrogens with one attached hydrogen (secondary N) is 1. The molecule has 0 bridgehead atoms. The number of hydrogen-bond acceptors (Lipinski definition) is 3. The second-order valence-electron chi connectivity index (χ2n) is 4.11. The molecule has 0 aromatic heterocycles. The molecule has 80 valence electrons. The van der Waals surface area contributed by atoms with E-state index >= 15 is 0 Å². The first-order chi connectivity index (χ1) is 6.75. The van der Waals surface area contributed by atoms with E-state index in [2.05, 4.69) is 17.1 Å². The predicted molar refractivity (Wildman–Crippen MR) is 59.9 cm³/mol. The Kier molecular flexibility index (Phi) is 3.36. The first-order valence-electron chi connectivity index (χ1n) is 5.21. The molecule has 0 aliphatic carbocycles. The SMILES string of the molecule is CC(CN1CCS(=O)CC1)=C1CNC1. The van der Waals surface area contributed by atoms with Crippen molar-refractivity contribution in [3.63, 3.8) is 0 Å². The van der Waals surface area contributed by atoms with Gasteiger partial charge in [0.25, 0.3) is 0 Å². The fourth-order valence-corrected chi connectivity index (χ4v) is 2.96. The van der Waals surface area contributed by atoms with Gasteiger partial charge in [0.2, 0.25) is 0 Å². The summed E-state index contributed by atoms with van der Waals surface area (Å²) in [4.78, 5) is 2.42. The van der Waals surface area contributed by atoms with Gasteiger partial charge < -0.3 is 5.32 Å². The highest BCUT2D eigenvalue weighted by atomic mass is 32.2. The van der Waals surface area contributed by atoms with E-state index < -0.39 is 10.8 Å². The average molecular weight is 214 g/mol. The summed E-state index contributed by atoms with van der Waals surface area (Å²) in [7, 11) is -0.544. The zero-order valence-corrected chi connectivity index (χ0v) is 9.53. The molecule has 0 saturated carbocycles. The van der Waals surface area contributed by atoms with Crippen LogP contribution in [0.15, 0.2) is 11.1 Å². The van der Waals surface area contributed by atoms with Gasteiger partial charge in [-0.15, -0.1) is 0 Å². The Morgan fingerprint density at radius 1 is 1.43 bits per heavy atom. The van der Waals surface area contributed by atoms with Gasteiger partial charge in [0.15, 0.2) is 0 Å². The van der Waals surface area contributed by atoms with Crippen molar-refractivity contribution in [2.45, 2.75) is 6.92 Å². The molecule has 14 heavy (non-hydrogen) atoms. The summed E-state index contributed by atoms with van der Waals surface area (Å²) in [5.74, 6) is 1.72. The van der Waals surface area contributed by atoms with Crippen LogP contribution in [-0.4, -0.2) is 53.3 Å². The molecule has 2 rings (SSSR count). The van der Waals surface area contributed by atoms with Crippen LogP contribution in [-0.2, 0) is 10.8 Å². The van der Waals surface area contributed by atoms with Crippen molar-refractivity contribution in [1.29, 1.82) is 0 Å². The van der Waals surface area contributed by atoms with Crippen molar-refractivity contribution in [1.82, 2.24) is 10.2 Å². The lowest BCUT2D eigenvalue weighted by atomic mass is 10.0. The first kappa shape index (κ1) is 10.3. The molecular formula is C10H18N2OS. The summed E-state index contributed by atoms with van der Waals surface area (Å²) >= 11 is 0. The molecule has 1 N–H and O–H groups in total. The van der Waals surface area contributed by atoms with Crippen molar-refractivity contribution in [3.8, 4) is 0 Å². The highest BCUT2D eigenvalue weighted by Crippen LogP contribution is 2.11. The molecule has 2 saturated heterocycles. The zero-order valence-electron chi connectivity index (χ0n) is 8.71. The summed E-state index contributed by atoms with van der Waals surface area (Å²) in [6.07, 6.45) is 0. The highest BCUT2D eigenvalue weighted by Gasteiger charge is 2.17. The summed E-state index contributed by atoms with van der Waals surface area (Å²) in [6, 6.07) is 0. The summed E-state index contributed by atoms with van der Waals surface area (Å²) < 4.78 is 11.2. The third-order valence-corrected chi connectivity index (χ3v) is 4.29. The largest absolute Gasteiger partial charge is 0.309 e. The van der Waals surface area contributed by atoms with Crippen molar-refractivity contribution in [3.05, 3.63) is 11.1 Å². The van der Waals surface area contributed by atoms with Gasteiger partial charge >= 0.3 is 0 Å². The lowest BCUT2D eigenvalue weighted by Crippen LogP contribution is -2.41. The second kappa shape index (κ2) is 4.55. The molecule has 2 aliphatic rings. The van der Waals surface area contributed by atoms with Crippen LogP contribution in [0, 0.1) is 0 Å². The van der Waals surface area contributed by atoms with Gasteiger partial charge in [-0.2, -0.15) is 0 Å². The minimum atomic E-state index is -0.544. The fourth-order valence-electron chi connectivity index (χ4n) is 1.83. The van der Waals surface area contributed by atoms with Gasteiger partial charge in [-0.05, 0) is 12.5 Å². The Hall–Kier alpha value is -0.190. The van der Waals surface area contributed by atoms with Crippen LogP contribution in [0.2, 0.25) is 0 Å². The fraction of sp³-hybridized carbons (Fsp3) is 0.800. The summed E-state index contributed by atoms with van der Waals surface area (Å²) in [6.45, 7) is 7.46. The third kappa shape index (κ3) is 2.43. The monoisotopic (exact) mass is 214 g/mol. The molecule has 4 heteroatoms. The molecular weight excluding hydrogens is 196 g/mol. The molecule has 2 heterocycles. The Morgan fingerprint density at radius 3 is 2.57 bits per heavy atom. The van der Waals surface area contributed by atoms with E-state index in [1.807, 2.05) is 0 Å². The lowest BCUT2D eigenvalue weighted by Gasteiger charge is -2.29. The molecule has 0 unspecified atom stereocenters. The molecule has 2 aliphatic heterocycles. The minimum absolute atomic E-state index is 0.544. The smallest absolute Gasteiger partial charge is 0.0363 e. The number of hydrogen-bond donors (Lipinski definition) is 1. The summed E-state index contributed by atoms with van der Waals surface area (Å²) in [5.41, 5.74) is 3.08. The standard InChI is InChI=1S/C10H18N2OS/c1-9(10-6-11-7-10)8-12-2-4-14(13)5-3-12/h11H,2-8H2,1H3. The van der Waals surface area contributed by atoms with Gasteiger partial charge in [-0.3, -0.25) is 9.11 Å². The maximum atomic E-state index is 11.2. The quantitative estimate of drug-likeness (QED) is 0.655. The van der Waals surface area contributed by atoms with Gasteiger partial charge in [0.05, 0.1) is 0 Å². The molecule has 0 amide bonds. The zero-order chi connectivity index (χ0) is 9.97. The molecule has 0 spiro atoms. The van der Waals surface area contributed by atoms with E-state index in [-0.39, 0.29) is 0 Å². The topological polar surface area (TPSA) is 32.3 Å². The predicted octanol–water partition coefficient (Wildman–Crippen LogP) is -0.0296. The first-order valence-corrected chi connectivity index (χ1v) is 6.70. The molecule has 0 aromatic carbocycles. The van der Waals surface area contributed by atoms with E-state index in [0.29, 0.717) is 0 Å². The van der Waals surface area contributed by atoms with Crippen LogP contribution in [0.1, 0.15) is 6.92 Å². The van der Waals surface area contributed by atoms with Gasteiger partial charge in [-0.1, -0.05) is 5.57 Å². The molecule has 2 fully saturated rings. The van der Waals surface area contributed by atoms with Gasteiger partial charge in [0.1, 0.15) is 0 Å². The van der Waals surface area contributed by atoms with Crippen LogP contribution in [0.4, 0.5) is 0 Å². The molecule has 0 radical (unpaired) electrons. The number of nitrogens with zero attached hydrogens (tertiary/aromatic N) is 1. The second-order valence-corrected chi connectivity index (χ2v) is 5.81. The highest BCUT2D eigenvalue weighted by molar-refractivity contribution is 7.85. The Morgan fingerprint density at radius 2 is 2.07 bits per heavy atom. The average Bonchev–Trinajstić information content (AvgIpc) is 2.06. The molecule has 3 nitrogen and oxygen atoms in total. The van der Waals surface area contributed by atoms with E-state index in [4.69, 9.17) is 0 Å². The third-order valence-electron chi connectivity index (χ3n) is 3.01. The maximum absolute atomic E-state index is 11.2. The Balaban J connectivity index is 1.82. The molecule has 0 aromatic rings. The lowest BCUT2D eigenvalue weighted by molar-refractivity contribution is 0.322. The van der Waals surface area contributed by atoms with E-state index in [1.165, 1.54) is 5.57 Å². The molecule has 0 atom stereocenters. The van der Waals surface area contributed by atoms with Crippen molar-refractivity contribution < 1.29 is 4.21 Å². The Bertz CT molecular complexity index is 259. The van der Waals surface area contributed by atoms with Gasteiger partial charge in [0, 0.05) is 55.0 Å².